The summed E-state index contributed by atoms with van der Waals surface area (Å²) in [7, 11) is 0. The molecule has 1 radical (unpaired) electrons. The third-order valence-electron chi connectivity index (χ3n) is 4.93. The fraction of sp³-hybridized carbons (Fsp3) is 0.800. The first-order valence-corrected chi connectivity index (χ1v) is 9.38. The number of carbonyl (C=O) groups is 4. The van der Waals surface area contributed by atoms with Crippen LogP contribution in [0.2, 0.25) is 0 Å². The second-order valence-electron chi connectivity index (χ2n) is 7.64. The number of rotatable bonds is 4. The van der Waals surface area contributed by atoms with E-state index in [1.54, 1.807) is 0 Å². The number of carbonyl (C=O) groups excluding carboxylic acids is 4. The Morgan fingerprint density at radius 2 is 1.04 bits per heavy atom. The molecule has 2 fully saturated rings. The van der Waals surface area contributed by atoms with Gasteiger partial charge in [-0.15, -0.1) is 0 Å². The molecule has 25 heavy (non-hydrogen) atoms. The average Bonchev–Trinajstić information content (AvgIpc) is 2.55. The first kappa shape index (κ1) is 24.2. The number of hydrogen-bond donors (Lipinski definition) is 0. The van der Waals surface area contributed by atoms with E-state index in [1.807, 2.05) is 27.7 Å². The quantitative estimate of drug-likeness (QED) is 0.530. The van der Waals surface area contributed by atoms with Crippen LogP contribution in [-0.2, 0) is 36.2 Å². The van der Waals surface area contributed by atoms with Crippen molar-refractivity contribution in [1.29, 1.82) is 0 Å². The molecular formula is C20H32CuO4. The molecule has 2 saturated carbocycles. The molecule has 147 valence electrons. The fourth-order valence-electron chi connectivity index (χ4n) is 3.37. The zero-order valence-electron chi connectivity index (χ0n) is 15.9. The second-order valence-corrected chi connectivity index (χ2v) is 7.64. The van der Waals surface area contributed by atoms with Gasteiger partial charge in [-0.05, 0) is 25.7 Å². The minimum Gasteiger partial charge on any atom is -0.299 e. The summed E-state index contributed by atoms with van der Waals surface area (Å²) in [6.45, 7) is 7.46. The Kier molecular flexibility index (Phi) is 11.4. The van der Waals surface area contributed by atoms with Gasteiger partial charge in [-0.2, -0.15) is 0 Å². The van der Waals surface area contributed by atoms with E-state index >= 15 is 0 Å². The van der Waals surface area contributed by atoms with Crippen molar-refractivity contribution in [2.24, 2.45) is 23.7 Å². The molecule has 0 aliphatic heterocycles. The van der Waals surface area contributed by atoms with Crippen molar-refractivity contribution in [2.45, 2.75) is 79.1 Å². The maximum atomic E-state index is 11.5. The van der Waals surface area contributed by atoms with E-state index in [1.165, 1.54) is 0 Å². The van der Waals surface area contributed by atoms with Crippen LogP contribution in [0, 0.1) is 23.7 Å². The molecular weight excluding hydrogens is 368 g/mol. The van der Waals surface area contributed by atoms with Crippen LogP contribution in [-0.4, -0.2) is 23.1 Å². The van der Waals surface area contributed by atoms with Gasteiger partial charge in [-0.25, -0.2) is 0 Å². The maximum absolute atomic E-state index is 11.5. The second kappa shape index (κ2) is 11.7. The summed E-state index contributed by atoms with van der Waals surface area (Å²) in [4.78, 5) is 45.6. The SMILES string of the molecule is CC(C)C(=O)C1CCCCC1=O.CC(C)C(=O)C1CCCCC1=O.[Cu]. The Morgan fingerprint density at radius 3 is 1.28 bits per heavy atom. The van der Waals surface area contributed by atoms with E-state index in [4.69, 9.17) is 0 Å². The Labute approximate surface area is 162 Å². The van der Waals surface area contributed by atoms with Gasteiger partial charge in [-0.1, -0.05) is 40.5 Å². The molecule has 0 saturated heterocycles. The first-order chi connectivity index (χ1) is 11.3. The number of ketones is 4. The summed E-state index contributed by atoms with van der Waals surface area (Å²) in [5.41, 5.74) is 0. The van der Waals surface area contributed by atoms with Crippen molar-refractivity contribution in [3.8, 4) is 0 Å². The molecule has 0 bridgehead atoms. The molecule has 0 aromatic rings. The normalized spacial score (nSPS) is 23.6. The Bertz CT molecular complexity index is 438. The summed E-state index contributed by atoms with van der Waals surface area (Å²) in [5.74, 6) is 0.103. The third-order valence-corrected chi connectivity index (χ3v) is 4.93. The Balaban J connectivity index is 0.000000443. The molecule has 0 aromatic carbocycles. The van der Waals surface area contributed by atoms with Crippen molar-refractivity contribution in [2.75, 3.05) is 0 Å². The molecule has 0 heterocycles. The van der Waals surface area contributed by atoms with Crippen molar-refractivity contribution >= 4 is 23.1 Å². The topological polar surface area (TPSA) is 68.3 Å². The maximum Gasteiger partial charge on any atom is 0.145 e. The van der Waals surface area contributed by atoms with Crippen LogP contribution in [0.3, 0.4) is 0 Å². The zero-order valence-corrected chi connectivity index (χ0v) is 16.8. The molecule has 0 spiro atoms. The molecule has 4 nitrogen and oxygen atoms in total. The summed E-state index contributed by atoms with van der Waals surface area (Å²) < 4.78 is 0. The molecule has 2 unspecified atom stereocenters. The first-order valence-electron chi connectivity index (χ1n) is 9.38. The third kappa shape index (κ3) is 7.53. The van der Waals surface area contributed by atoms with Gasteiger partial charge in [-0.3, -0.25) is 19.2 Å². The van der Waals surface area contributed by atoms with E-state index in [-0.39, 0.29) is 63.9 Å². The van der Waals surface area contributed by atoms with Crippen molar-refractivity contribution in [3.63, 3.8) is 0 Å². The van der Waals surface area contributed by atoms with Gasteiger partial charge in [0, 0.05) is 41.7 Å². The zero-order chi connectivity index (χ0) is 18.3. The van der Waals surface area contributed by atoms with Crippen molar-refractivity contribution < 1.29 is 36.2 Å². The largest absolute Gasteiger partial charge is 0.299 e. The summed E-state index contributed by atoms with van der Waals surface area (Å²) >= 11 is 0. The van der Waals surface area contributed by atoms with E-state index in [9.17, 15) is 19.2 Å². The fourth-order valence-corrected chi connectivity index (χ4v) is 3.37. The summed E-state index contributed by atoms with van der Waals surface area (Å²) in [6.07, 6.45) is 6.82. The minimum absolute atomic E-state index is 0. The molecule has 2 rings (SSSR count). The summed E-state index contributed by atoms with van der Waals surface area (Å²) in [5, 5.41) is 0. The van der Waals surface area contributed by atoms with Crippen molar-refractivity contribution in [1.82, 2.24) is 0 Å². The molecule has 2 atom stereocenters. The van der Waals surface area contributed by atoms with Crippen LogP contribution in [0.5, 0.6) is 0 Å². The van der Waals surface area contributed by atoms with Gasteiger partial charge in [0.15, 0.2) is 0 Å². The van der Waals surface area contributed by atoms with E-state index in [0.29, 0.717) is 12.8 Å². The van der Waals surface area contributed by atoms with E-state index < -0.39 is 0 Å². The smallest absolute Gasteiger partial charge is 0.145 e. The standard InChI is InChI=1S/2C10H16O2.Cu/c2*1-7(2)10(12)8-5-3-4-6-9(8)11;/h2*7-8H,3-6H2,1-2H3;. The predicted octanol–water partition coefficient (Wildman–Crippen LogP) is 3.94. The Morgan fingerprint density at radius 1 is 0.720 bits per heavy atom. The Hall–Kier alpha value is -0.801. The summed E-state index contributed by atoms with van der Waals surface area (Å²) in [6, 6.07) is 0. The van der Waals surface area contributed by atoms with Crippen LogP contribution < -0.4 is 0 Å². The molecule has 2 aliphatic rings. The van der Waals surface area contributed by atoms with Gasteiger partial charge >= 0.3 is 0 Å². The predicted molar refractivity (Wildman–Crippen MR) is 93.6 cm³/mol. The van der Waals surface area contributed by atoms with Crippen LogP contribution in [0.25, 0.3) is 0 Å². The molecule has 0 amide bonds. The van der Waals surface area contributed by atoms with Gasteiger partial charge in [0.05, 0.1) is 11.8 Å². The van der Waals surface area contributed by atoms with Gasteiger partial charge in [0.1, 0.15) is 23.1 Å². The molecule has 0 N–H and O–H groups in total. The van der Waals surface area contributed by atoms with Gasteiger partial charge < -0.3 is 0 Å². The number of Topliss-reactive ketones (excluding diaryl/α,β-unsaturated/α-hetero) is 4. The van der Waals surface area contributed by atoms with E-state index in [0.717, 1.165) is 38.5 Å². The van der Waals surface area contributed by atoms with Gasteiger partial charge in [0.25, 0.3) is 0 Å². The van der Waals surface area contributed by atoms with Crippen LogP contribution in [0.1, 0.15) is 79.1 Å². The van der Waals surface area contributed by atoms with Crippen LogP contribution in [0.4, 0.5) is 0 Å². The van der Waals surface area contributed by atoms with Crippen LogP contribution >= 0.6 is 0 Å². The van der Waals surface area contributed by atoms with Crippen LogP contribution in [0.15, 0.2) is 0 Å². The molecule has 2 aliphatic carbocycles. The number of hydrogen-bond acceptors (Lipinski definition) is 4. The van der Waals surface area contributed by atoms with Gasteiger partial charge in [0.2, 0.25) is 0 Å². The minimum atomic E-state index is -0.265. The molecule has 0 aromatic heterocycles. The molecule has 5 heteroatoms. The van der Waals surface area contributed by atoms with E-state index in [2.05, 4.69) is 0 Å². The van der Waals surface area contributed by atoms with Crippen molar-refractivity contribution in [3.05, 3.63) is 0 Å². The monoisotopic (exact) mass is 399 g/mol. The average molecular weight is 400 g/mol.